The van der Waals surface area contributed by atoms with Gasteiger partial charge in [-0.25, -0.2) is 14.2 Å². The predicted molar refractivity (Wildman–Crippen MR) is 100.0 cm³/mol. The normalized spacial score (nSPS) is 43.8. The molecule has 1 unspecified atom stereocenters. The summed E-state index contributed by atoms with van der Waals surface area (Å²) in [7, 11) is 0. The highest BCUT2D eigenvalue weighted by Crippen LogP contribution is 2.60. The molecule has 0 N–H and O–H groups in total. The van der Waals surface area contributed by atoms with Gasteiger partial charge in [0.15, 0.2) is 11.8 Å². The van der Waals surface area contributed by atoms with E-state index < -0.39 is 17.6 Å². The number of carbonyl (C=O) groups excluding carboxylic acids is 1. The summed E-state index contributed by atoms with van der Waals surface area (Å²) in [5.41, 5.74) is -0.376. The van der Waals surface area contributed by atoms with Crippen LogP contribution in [0.2, 0.25) is 0 Å². The Kier molecular flexibility index (Phi) is 4.51. The summed E-state index contributed by atoms with van der Waals surface area (Å²) in [5, 5.41) is 1.31. The van der Waals surface area contributed by atoms with Gasteiger partial charge < -0.3 is 4.74 Å². The number of rotatable bonds is 3. The zero-order valence-corrected chi connectivity index (χ0v) is 17.1. The van der Waals surface area contributed by atoms with Crippen molar-refractivity contribution in [2.75, 3.05) is 0 Å². The Morgan fingerprint density at radius 2 is 1.97 bits per heavy atom. The standard InChI is InChI=1S/C22H28FNO5/c1-13-8-9-17-14(2)19(25)24(26-12-15-6-4-5-7-18(15)23)20-22(17)16(13)10-11-21(3,27-20)28-29-22/h4-7,13-14,16-17,20H,8-12H2,1-3H3/t13-,14-,16+,17+,20-,21?,22-/m1/s1. The minimum atomic E-state index is -0.933. The van der Waals surface area contributed by atoms with Crippen molar-refractivity contribution in [2.24, 2.45) is 23.7 Å². The SMILES string of the molecule is C[C@@H]1CC[C@H]2[C@@H](C)C(=O)N(OCc3ccccc3F)[C@@H]3OC4(C)CC[C@@H]1[C@@]23OO4. The number of piperidine rings is 1. The van der Waals surface area contributed by atoms with Crippen LogP contribution in [0.4, 0.5) is 4.39 Å². The molecule has 1 saturated carbocycles. The van der Waals surface area contributed by atoms with Crippen molar-refractivity contribution >= 4 is 5.91 Å². The second kappa shape index (κ2) is 6.74. The van der Waals surface area contributed by atoms with Gasteiger partial charge in [0.2, 0.25) is 5.79 Å². The molecule has 1 aromatic carbocycles. The number of halogens is 1. The summed E-state index contributed by atoms with van der Waals surface area (Å²) in [4.78, 5) is 31.2. The lowest BCUT2D eigenvalue weighted by Gasteiger charge is -2.60. The molecule has 1 aliphatic carbocycles. The van der Waals surface area contributed by atoms with Gasteiger partial charge in [-0.2, -0.15) is 5.06 Å². The number of nitrogens with zero attached hydrogens (tertiary/aromatic N) is 1. The zero-order chi connectivity index (χ0) is 20.4. The summed E-state index contributed by atoms with van der Waals surface area (Å²) in [5.74, 6) is -1.11. The third-order valence-electron chi connectivity index (χ3n) is 7.54. The third kappa shape index (κ3) is 2.78. The fraction of sp³-hybridized carbons (Fsp3) is 0.682. The molecule has 5 aliphatic rings. The van der Waals surface area contributed by atoms with Crippen LogP contribution >= 0.6 is 0 Å². The van der Waals surface area contributed by atoms with E-state index in [1.807, 2.05) is 13.8 Å². The monoisotopic (exact) mass is 405 g/mol. The molecule has 1 spiro atoms. The van der Waals surface area contributed by atoms with Gasteiger partial charge in [-0.15, -0.1) is 0 Å². The summed E-state index contributed by atoms with van der Waals surface area (Å²) in [6.07, 6.45) is 2.82. The second-order valence-corrected chi connectivity index (χ2v) is 9.25. The molecule has 1 amide bonds. The summed E-state index contributed by atoms with van der Waals surface area (Å²) in [6, 6.07) is 6.41. The minimum absolute atomic E-state index is 0.00263. The van der Waals surface area contributed by atoms with Gasteiger partial charge in [-0.1, -0.05) is 32.0 Å². The third-order valence-corrected chi connectivity index (χ3v) is 7.54. The number of amides is 1. The summed E-state index contributed by atoms with van der Waals surface area (Å²) >= 11 is 0. The van der Waals surface area contributed by atoms with E-state index in [2.05, 4.69) is 6.92 Å². The Morgan fingerprint density at radius 1 is 1.17 bits per heavy atom. The van der Waals surface area contributed by atoms with Crippen LogP contribution < -0.4 is 0 Å². The van der Waals surface area contributed by atoms with E-state index in [1.165, 1.54) is 11.1 Å². The van der Waals surface area contributed by atoms with Gasteiger partial charge in [-0.3, -0.25) is 9.63 Å². The molecule has 4 saturated heterocycles. The average Bonchev–Trinajstić information content (AvgIpc) is 2.94. The van der Waals surface area contributed by atoms with Crippen LogP contribution in [-0.2, 0) is 30.8 Å². The van der Waals surface area contributed by atoms with E-state index in [1.54, 1.807) is 18.2 Å². The van der Waals surface area contributed by atoms with Gasteiger partial charge in [0.25, 0.3) is 5.91 Å². The smallest absolute Gasteiger partial charge is 0.251 e. The maximum Gasteiger partial charge on any atom is 0.251 e. The van der Waals surface area contributed by atoms with Crippen molar-refractivity contribution in [3.63, 3.8) is 0 Å². The first-order valence-corrected chi connectivity index (χ1v) is 10.6. The summed E-state index contributed by atoms with van der Waals surface area (Å²) in [6.45, 7) is 5.95. The average molecular weight is 405 g/mol. The molecule has 29 heavy (non-hydrogen) atoms. The number of hydroxylamine groups is 2. The van der Waals surface area contributed by atoms with Gasteiger partial charge in [0.05, 0.1) is 0 Å². The second-order valence-electron chi connectivity index (χ2n) is 9.25. The maximum atomic E-state index is 14.1. The van der Waals surface area contributed by atoms with E-state index in [0.29, 0.717) is 17.9 Å². The molecule has 0 aromatic heterocycles. The predicted octanol–water partition coefficient (Wildman–Crippen LogP) is 3.95. The van der Waals surface area contributed by atoms with Crippen LogP contribution in [0.25, 0.3) is 0 Å². The molecule has 4 aliphatic heterocycles. The van der Waals surface area contributed by atoms with Gasteiger partial charge in [0, 0.05) is 23.8 Å². The highest BCUT2D eigenvalue weighted by atomic mass is 19.1. The molecule has 5 fully saturated rings. The number of hydrogen-bond acceptors (Lipinski definition) is 5. The van der Waals surface area contributed by atoms with E-state index in [0.717, 1.165) is 19.3 Å². The molecule has 2 bridgehead atoms. The topological polar surface area (TPSA) is 57.2 Å². The molecule has 6 nitrogen and oxygen atoms in total. The molecular formula is C22H28FNO5. The Balaban J connectivity index is 1.53. The molecule has 158 valence electrons. The zero-order valence-electron chi connectivity index (χ0n) is 17.1. The molecule has 7 heteroatoms. The quantitative estimate of drug-likeness (QED) is 0.713. The van der Waals surface area contributed by atoms with Crippen molar-refractivity contribution in [1.29, 1.82) is 0 Å². The highest BCUT2D eigenvalue weighted by molar-refractivity contribution is 5.79. The van der Waals surface area contributed by atoms with Crippen LogP contribution in [0, 0.1) is 29.5 Å². The molecule has 4 heterocycles. The molecular weight excluding hydrogens is 377 g/mol. The van der Waals surface area contributed by atoms with Crippen molar-refractivity contribution in [3.8, 4) is 0 Å². The van der Waals surface area contributed by atoms with Crippen molar-refractivity contribution in [1.82, 2.24) is 5.06 Å². The Bertz CT molecular complexity index is 820. The van der Waals surface area contributed by atoms with E-state index in [-0.39, 0.29) is 36.1 Å². The highest BCUT2D eigenvalue weighted by Gasteiger charge is 2.71. The van der Waals surface area contributed by atoms with E-state index in [4.69, 9.17) is 19.3 Å². The van der Waals surface area contributed by atoms with Crippen molar-refractivity contribution < 1.29 is 28.5 Å². The van der Waals surface area contributed by atoms with E-state index >= 15 is 0 Å². The summed E-state index contributed by atoms with van der Waals surface area (Å²) < 4.78 is 20.5. The van der Waals surface area contributed by atoms with E-state index in [9.17, 15) is 9.18 Å². The largest absolute Gasteiger partial charge is 0.318 e. The molecule has 7 atom stereocenters. The fourth-order valence-corrected chi connectivity index (χ4v) is 5.90. The lowest BCUT2D eigenvalue weighted by Crippen LogP contribution is -2.74. The van der Waals surface area contributed by atoms with Gasteiger partial charge in [-0.05, 0) is 44.1 Å². The Morgan fingerprint density at radius 3 is 2.76 bits per heavy atom. The first-order valence-electron chi connectivity index (χ1n) is 10.6. The van der Waals surface area contributed by atoms with Crippen LogP contribution in [0.15, 0.2) is 24.3 Å². The number of ether oxygens (including phenoxy) is 1. The van der Waals surface area contributed by atoms with Gasteiger partial charge >= 0.3 is 0 Å². The first-order chi connectivity index (χ1) is 13.9. The Hall–Kier alpha value is -1.54. The number of carbonyl (C=O) groups is 1. The van der Waals surface area contributed by atoms with Crippen molar-refractivity contribution in [3.05, 3.63) is 35.6 Å². The first kappa shape index (κ1) is 19.4. The lowest BCUT2D eigenvalue weighted by molar-refractivity contribution is -0.560. The number of hydrogen-bond donors (Lipinski definition) is 0. The number of benzene rings is 1. The fourth-order valence-electron chi connectivity index (χ4n) is 5.90. The van der Waals surface area contributed by atoms with Crippen LogP contribution in [0.3, 0.4) is 0 Å². The lowest BCUT2D eigenvalue weighted by atomic mass is 9.57. The van der Waals surface area contributed by atoms with Crippen LogP contribution in [0.5, 0.6) is 0 Å². The minimum Gasteiger partial charge on any atom is -0.318 e. The van der Waals surface area contributed by atoms with Crippen molar-refractivity contribution in [2.45, 2.75) is 70.7 Å². The Labute approximate surface area is 170 Å². The van der Waals surface area contributed by atoms with Crippen LogP contribution in [0.1, 0.15) is 52.0 Å². The maximum absolute atomic E-state index is 14.1. The van der Waals surface area contributed by atoms with Gasteiger partial charge in [0.1, 0.15) is 12.4 Å². The number of fused-ring (bicyclic) bond motifs is 2. The molecule has 0 radical (unpaired) electrons. The molecule has 1 aromatic rings. The molecule has 6 rings (SSSR count). The van der Waals surface area contributed by atoms with Crippen LogP contribution in [-0.4, -0.2) is 28.6 Å².